The Labute approximate surface area is 106 Å². The summed E-state index contributed by atoms with van der Waals surface area (Å²) in [5.41, 5.74) is 3.11. The first-order valence-corrected chi connectivity index (χ1v) is 6.53. The Hall–Kier alpha value is -1.13. The highest BCUT2D eigenvalue weighted by Gasteiger charge is 2.15. The minimum atomic E-state index is -0.435. The summed E-state index contributed by atoms with van der Waals surface area (Å²) in [5.74, 6) is 0. The van der Waals surface area contributed by atoms with Crippen LogP contribution in [0.5, 0.6) is 0 Å². The highest BCUT2D eigenvalue weighted by molar-refractivity contribution is 7.12. The van der Waals surface area contributed by atoms with E-state index in [4.69, 9.17) is 0 Å². The van der Waals surface area contributed by atoms with Gasteiger partial charge in [-0.15, -0.1) is 11.3 Å². The van der Waals surface area contributed by atoms with E-state index in [2.05, 4.69) is 25.0 Å². The van der Waals surface area contributed by atoms with E-state index in [-0.39, 0.29) is 0 Å². The fourth-order valence-electron chi connectivity index (χ4n) is 2.14. The van der Waals surface area contributed by atoms with E-state index in [1.807, 2.05) is 24.7 Å². The lowest BCUT2D eigenvalue weighted by molar-refractivity contribution is 0.175. The van der Waals surface area contributed by atoms with Gasteiger partial charge in [0.2, 0.25) is 0 Å². The van der Waals surface area contributed by atoms with Crippen molar-refractivity contribution in [3.8, 4) is 0 Å². The van der Waals surface area contributed by atoms with Crippen LogP contribution in [0.3, 0.4) is 0 Å². The van der Waals surface area contributed by atoms with Crippen molar-refractivity contribution in [2.24, 2.45) is 7.05 Å². The molecule has 0 aliphatic rings. The zero-order chi connectivity index (χ0) is 12.6. The van der Waals surface area contributed by atoms with Crippen LogP contribution >= 0.6 is 11.3 Å². The van der Waals surface area contributed by atoms with Gasteiger partial charge >= 0.3 is 0 Å². The quantitative estimate of drug-likeness (QED) is 0.909. The normalized spacial score (nSPS) is 13.0. The van der Waals surface area contributed by atoms with Gasteiger partial charge in [-0.3, -0.25) is 4.68 Å². The highest BCUT2D eigenvalue weighted by Crippen LogP contribution is 2.28. The lowest BCUT2D eigenvalue weighted by Crippen LogP contribution is -2.06. The van der Waals surface area contributed by atoms with Gasteiger partial charge in [0.15, 0.2) is 0 Å². The molecule has 2 aromatic rings. The number of nitrogens with zero attached hydrogens (tertiary/aromatic N) is 2. The number of hydrogen-bond acceptors (Lipinski definition) is 3. The Morgan fingerprint density at radius 1 is 1.35 bits per heavy atom. The summed E-state index contributed by atoms with van der Waals surface area (Å²) in [6, 6.07) is 4.10. The molecule has 2 heterocycles. The van der Waals surface area contributed by atoms with Gasteiger partial charge in [-0.1, -0.05) is 0 Å². The van der Waals surface area contributed by atoms with Gasteiger partial charge < -0.3 is 5.11 Å². The zero-order valence-electron chi connectivity index (χ0n) is 10.7. The fraction of sp³-hybridized carbons (Fsp3) is 0.462. The van der Waals surface area contributed by atoms with Gasteiger partial charge in [0.25, 0.3) is 0 Å². The molecule has 3 nitrogen and oxygen atoms in total. The molecule has 1 atom stereocenters. The highest BCUT2D eigenvalue weighted by atomic mass is 32.1. The molecule has 0 aliphatic carbocycles. The number of aliphatic hydroxyl groups excluding tert-OH is 1. The Kier molecular flexibility index (Phi) is 3.35. The number of thiophene rings is 1. The average molecular weight is 250 g/mol. The molecule has 0 bridgehead atoms. The van der Waals surface area contributed by atoms with Crippen LogP contribution in [0.1, 0.15) is 32.8 Å². The summed E-state index contributed by atoms with van der Waals surface area (Å²) in [5, 5.41) is 14.6. The van der Waals surface area contributed by atoms with Crippen molar-refractivity contribution >= 4 is 11.3 Å². The number of aryl methyl sites for hydroxylation is 4. The second kappa shape index (κ2) is 4.63. The van der Waals surface area contributed by atoms with E-state index in [1.54, 1.807) is 11.3 Å². The summed E-state index contributed by atoms with van der Waals surface area (Å²) < 4.78 is 1.84. The molecule has 0 fully saturated rings. The zero-order valence-corrected chi connectivity index (χ0v) is 11.5. The summed E-state index contributed by atoms with van der Waals surface area (Å²) in [6.07, 6.45) is 0.184. The third-order valence-corrected chi connectivity index (χ3v) is 3.92. The summed E-state index contributed by atoms with van der Waals surface area (Å²) in [6.45, 7) is 6.10. The van der Waals surface area contributed by atoms with E-state index in [0.717, 1.165) is 17.0 Å². The summed E-state index contributed by atoms with van der Waals surface area (Å²) in [4.78, 5) is 2.45. The molecule has 17 heavy (non-hydrogen) atoms. The molecule has 4 heteroatoms. The lowest BCUT2D eigenvalue weighted by Gasteiger charge is -2.10. The molecule has 1 N–H and O–H groups in total. The van der Waals surface area contributed by atoms with Gasteiger partial charge in [-0.2, -0.15) is 5.10 Å². The van der Waals surface area contributed by atoms with Crippen LogP contribution in [-0.4, -0.2) is 14.9 Å². The Balaban J connectivity index is 2.19. The van der Waals surface area contributed by atoms with E-state index in [9.17, 15) is 5.11 Å². The smallest absolute Gasteiger partial charge is 0.0856 e. The van der Waals surface area contributed by atoms with Crippen LogP contribution in [0.15, 0.2) is 12.1 Å². The number of aliphatic hydroxyl groups is 1. The fourth-order valence-corrected chi connectivity index (χ4v) is 3.13. The Morgan fingerprint density at radius 3 is 2.53 bits per heavy atom. The maximum atomic E-state index is 10.3. The molecule has 0 amide bonds. The van der Waals surface area contributed by atoms with E-state index in [1.165, 1.54) is 9.75 Å². The third-order valence-electron chi connectivity index (χ3n) is 2.94. The van der Waals surface area contributed by atoms with Crippen LogP contribution in [0, 0.1) is 20.8 Å². The molecule has 0 saturated heterocycles. The van der Waals surface area contributed by atoms with Crippen molar-refractivity contribution < 1.29 is 5.11 Å². The standard InChI is InChI=1S/C13H18N2OS/c1-8-5-11(15(4)14-8)7-13(16)12-6-9(2)17-10(12)3/h5-6,13,16H,7H2,1-4H3. The van der Waals surface area contributed by atoms with Crippen LogP contribution in [0.4, 0.5) is 0 Å². The maximum absolute atomic E-state index is 10.3. The average Bonchev–Trinajstić information content (AvgIpc) is 2.70. The number of aromatic nitrogens is 2. The lowest BCUT2D eigenvalue weighted by atomic mass is 10.1. The van der Waals surface area contributed by atoms with Gasteiger partial charge in [-0.05, 0) is 38.5 Å². The molecule has 0 spiro atoms. The van der Waals surface area contributed by atoms with Gasteiger partial charge in [-0.25, -0.2) is 0 Å². The Bertz CT molecular complexity index is 528. The maximum Gasteiger partial charge on any atom is 0.0856 e. The SMILES string of the molecule is Cc1cc(CC(O)c2cc(C)sc2C)n(C)n1. The van der Waals surface area contributed by atoms with Crippen LogP contribution in [-0.2, 0) is 13.5 Å². The molecular formula is C13H18N2OS. The monoisotopic (exact) mass is 250 g/mol. The van der Waals surface area contributed by atoms with E-state index >= 15 is 0 Å². The Morgan fingerprint density at radius 2 is 2.06 bits per heavy atom. The number of rotatable bonds is 3. The van der Waals surface area contributed by atoms with Crippen molar-refractivity contribution in [2.75, 3.05) is 0 Å². The van der Waals surface area contributed by atoms with Gasteiger partial charge in [0, 0.05) is 28.9 Å². The molecule has 2 rings (SSSR count). The van der Waals surface area contributed by atoms with Gasteiger partial charge in [0.05, 0.1) is 11.8 Å². The number of hydrogen-bond donors (Lipinski definition) is 1. The van der Waals surface area contributed by atoms with Crippen molar-refractivity contribution in [1.29, 1.82) is 0 Å². The van der Waals surface area contributed by atoms with Crippen molar-refractivity contribution in [2.45, 2.75) is 33.3 Å². The molecule has 0 aliphatic heterocycles. The van der Waals surface area contributed by atoms with Gasteiger partial charge in [0.1, 0.15) is 0 Å². The van der Waals surface area contributed by atoms with Crippen LogP contribution in [0.25, 0.3) is 0 Å². The van der Waals surface area contributed by atoms with Crippen molar-refractivity contribution in [3.63, 3.8) is 0 Å². The predicted molar refractivity (Wildman–Crippen MR) is 70.4 cm³/mol. The molecule has 0 aromatic carbocycles. The molecule has 0 radical (unpaired) electrons. The van der Waals surface area contributed by atoms with E-state index < -0.39 is 6.10 Å². The van der Waals surface area contributed by atoms with Crippen molar-refractivity contribution in [3.05, 3.63) is 38.8 Å². The second-order valence-corrected chi connectivity index (χ2v) is 5.95. The molecule has 1 unspecified atom stereocenters. The third kappa shape index (κ3) is 2.58. The van der Waals surface area contributed by atoms with Crippen LogP contribution in [0.2, 0.25) is 0 Å². The molecule has 92 valence electrons. The van der Waals surface area contributed by atoms with Crippen LogP contribution < -0.4 is 0 Å². The molecule has 2 aromatic heterocycles. The first kappa shape index (κ1) is 12.3. The first-order chi connectivity index (χ1) is 7.97. The minimum absolute atomic E-state index is 0.435. The second-order valence-electron chi connectivity index (χ2n) is 4.49. The minimum Gasteiger partial charge on any atom is -0.388 e. The van der Waals surface area contributed by atoms with Crippen molar-refractivity contribution in [1.82, 2.24) is 9.78 Å². The summed E-state index contributed by atoms with van der Waals surface area (Å²) >= 11 is 1.74. The molecular weight excluding hydrogens is 232 g/mol. The largest absolute Gasteiger partial charge is 0.388 e. The molecule has 0 saturated carbocycles. The summed E-state index contributed by atoms with van der Waals surface area (Å²) in [7, 11) is 1.92. The predicted octanol–water partition coefficient (Wildman–Crippen LogP) is 2.68. The topological polar surface area (TPSA) is 38.0 Å². The first-order valence-electron chi connectivity index (χ1n) is 5.72. The van der Waals surface area contributed by atoms with E-state index in [0.29, 0.717) is 6.42 Å².